The van der Waals surface area contributed by atoms with E-state index < -0.39 is 17.8 Å². The summed E-state index contributed by atoms with van der Waals surface area (Å²) in [4.78, 5) is 19.2. The number of aliphatic hydroxyl groups excluding tert-OH is 1. The molecule has 0 aliphatic carbocycles. The molecule has 0 saturated carbocycles. The minimum atomic E-state index is -4.47. The SMILES string of the molecule is O=C(O)N(CC[C@H](CCCO)c1ccc(F)cc1)[C@H]1CCCN(c2ccc(C(F)(F)F)cn2)C1. The molecule has 0 unspecified atom stereocenters. The largest absolute Gasteiger partial charge is 0.465 e. The molecule has 1 saturated heterocycles. The number of pyridine rings is 1. The molecule has 1 aromatic carbocycles. The Labute approximate surface area is 195 Å². The van der Waals surface area contributed by atoms with E-state index in [2.05, 4.69) is 4.98 Å². The molecule has 1 aliphatic rings. The number of alkyl halides is 3. The summed E-state index contributed by atoms with van der Waals surface area (Å²) < 4.78 is 51.8. The van der Waals surface area contributed by atoms with Crippen LogP contribution in [0.25, 0.3) is 0 Å². The van der Waals surface area contributed by atoms with Gasteiger partial charge in [-0.05, 0) is 67.9 Å². The Morgan fingerprint density at radius 1 is 1.18 bits per heavy atom. The Kier molecular flexibility index (Phi) is 8.71. The fourth-order valence-corrected chi connectivity index (χ4v) is 4.44. The van der Waals surface area contributed by atoms with Crippen LogP contribution in [0.15, 0.2) is 42.6 Å². The summed E-state index contributed by atoms with van der Waals surface area (Å²) in [5, 5.41) is 19.1. The van der Waals surface area contributed by atoms with Crippen LogP contribution in [0.4, 0.5) is 28.2 Å². The highest BCUT2D eigenvalue weighted by Crippen LogP contribution is 2.31. The second-order valence-corrected chi connectivity index (χ2v) is 8.52. The molecule has 1 fully saturated rings. The topological polar surface area (TPSA) is 76.9 Å². The van der Waals surface area contributed by atoms with Crippen molar-refractivity contribution in [3.8, 4) is 0 Å². The van der Waals surface area contributed by atoms with Crippen molar-refractivity contribution in [2.45, 2.75) is 50.2 Å². The third kappa shape index (κ3) is 6.82. The molecule has 2 aromatic rings. The molecule has 0 bridgehead atoms. The van der Waals surface area contributed by atoms with Gasteiger partial charge in [0.2, 0.25) is 0 Å². The van der Waals surface area contributed by atoms with E-state index in [0.717, 1.165) is 17.8 Å². The third-order valence-electron chi connectivity index (χ3n) is 6.25. The summed E-state index contributed by atoms with van der Waals surface area (Å²) in [5.74, 6) is -0.00274. The second kappa shape index (κ2) is 11.5. The zero-order chi connectivity index (χ0) is 24.7. The van der Waals surface area contributed by atoms with Gasteiger partial charge in [0.15, 0.2) is 0 Å². The molecular weight excluding hydrogens is 454 g/mol. The molecule has 10 heteroatoms. The number of anilines is 1. The van der Waals surface area contributed by atoms with Crippen LogP contribution in [0.5, 0.6) is 0 Å². The number of carboxylic acid groups (broad SMARTS) is 1. The van der Waals surface area contributed by atoms with Gasteiger partial charge in [0.25, 0.3) is 0 Å². The molecule has 3 rings (SSSR count). The Balaban J connectivity index is 1.68. The van der Waals surface area contributed by atoms with Gasteiger partial charge in [-0.2, -0.15) is 13.2 Å². The summed E-state index contributed by atoms with van der Waals surface area (Å²) >= 11 is 0. The summed E-state index contributed by atoms with van der Waals surface area (Å²) in [6.07, 6.45) is -1.71. The van der Waals surface area contributed by atoms with Crippen molar-refractivity contribution in [1.29, 1.82) is 0 Å². The van der Waals surface area contributed by atoms with Crippen LogP contribution < -0.4 is 4.90 Å². The summed E-state index contributed by atoms with van der Waals surface area (Å²) in [7, 11) is 0. The Morgan fingerprint density at radius 3 is 2.50 bits per heavy atom. The van der Waals surface area contributed by atoms with Crippen LogP contribution in [-0.2, 0) is 6.18 Å². The first kappa shape index (κ1) is 25.7. The minimum absolute atomic E-state index is 0.0120. The molecule has 186 valence electrons. The lowest BCUT2D eigenvalue weighted by molar-refractivity contribution is -0.137. The summed E-state index contributed by atoms with van der Waals surface area (Å²) in [5.41, 5.74) is 0.0612. The van der Waals surface area contributed by atoms with Crippen LogP contribution in [0.3, 0.4) is 0 Å². The van der Waals surface area contributed by atoms with E-state index in [1.54, 1.807) is 12.1 Å². The number of benzene rings is 1. The van der Waals surface area contributed by atoms with Crippen LogP contribution in [-0.4, -0.2) is 58.5 Å². The van der Waals surface area contributed by atoms with Crippen LogP contribution in [0.2, 0.25) is 0 Å². The fourth-order valence-electron chi connectivity index (χ4n) is 4.44. The monoisotopic (exact) mass is 483 g/mol. The Morgan fingerprint density at radius 2 is 1.91 bits per heavy atom. The van der Waals surface area contributed by atoms with Gasteiger partial charge in [-0.15, -0.1) is 0 Å². The van der Waals surface area contributed by atoms with E-state index >= 15 is 0 Å². The number of hydrogen-bond acceptors (Lipinski definition) is 4. The van der Waals surface area contributed by atoms with Crippen LogP contribution in [0.1, 0.15) is 49.1 Å². The van der Waals surface area contributed by atoms with Gasteiger partial charge in [0.05, 0.1) is 11.6 Å². The number of halogens is 4. The van der Waals surface area contributed by atoms with Crippen molar-refractivity contribution < 1.29 is 32.6 Å². The molecule has 2 heterocycles. The smallest absolute Gasteiger partial charge is 0.417 e. The lowest BCUT2D eigenvalue weighted by Crippen LogP contribution is -2.50. The maximum atomic E-state index is 13.3. The lowest BCUT2D eigenvalue weighted by Gasteiger charge is -2.39. The van der Waals surface area contributed by atoms with E-state index in [1.807, 2.05) is 4.90 Å². The van der Waals surface area contributed by atoms with Crippen molar-refractivity contribution in [1.82, 2.24) is 9.88 Å². The maximum absolute atomic E-state index is 13.3. The normalized spacial score (nSPS) is 17.4. The van der Waals surface area contributed by atoms with Gasteiger partial charge in [-0.1, -0.05) is 12.1 Å². The zero-order valence-electron chi connectivity index (χ0n) is 18.7. The Bertz CT molecular complexity index is 923. The molecule has 0 radical (unpaired) electrons. The lowest BCUT2D eigenvalue weighted by atomic mass is 9.90. The molecular formula is C24H29F4N3O3. The first-order chi connectivity index (χ1) is 16.2. The number of nitrogens with zero attached hydrogens (tertiary/aromatic N) is 3. The third-order valence-corrected chi connectivity index (χ3v) is 6.25. The number of piperidine rings is 1. The fraction of sp³-hybridized carbons (Fsp3) is 0.500. The zero-order valence-corrected chi connectivity index (χ0v) is 18.7. The number of amides is 1. The standard InChI is InChI=1S/C24H29F4N3O3/c25-20-8-5-18(6-9-20)17(3-2-14-32)11-13-31(23(33)34)21-4-1-12-30(16-21)22-10-7-19(15-29-22)24(26,27)28/h5-10,15,17,21,32H,1-4,11-14,16H2,(H,33,34)/t17-,21-/m0/s1. The van der Waals surface area contributed by atoms with Gasteiger partial charge in [0.1, 0.15) is 11.6 Å². The molecule has 1 aromatic heterocycles. The molecule has 1 amide bonds. The number of carbonyl (C=O) groups is 1. The molecule has 6 nitrogen and oxygen atoms in total. The molecule has 34 heavy (non-hydrogen) atoms. The number of hydrogen-bond donors (Lipinski definition) is 2. The minimum Gasteiger partial charge on any atom is -0.465 e. The average molecular weight is 484 g/mol. The van der Waals surface area contributed by atoms with Crippen molar-refractivity contribution in [2.24, 2.45) is 0 Å². The second-order valence-electron chi connectivity index (χ2n) is 8.52. The van der Waals surface area contributed by atoms with Crippen LogP contribution >= 0.6 is 0 Å². The predicted octanol–water partition coefficient (Wildman–Crippen LogP) is 5.13. The van der Waals surface area contributed by atoms with Gasteiger partial charge in [0, 0.05) is 32.4 Å². The first-order valence-corrected chi connectivity index (χ1v) is 11.3. The molecule has 2 atom stereocenters. The first-order valence-electron chi connectivity index (χ1n) is 11.3. The van der Waals surface area contributed by atoms with Gasteiger partial charge < -0.3 is 20.0 Å². The number of rotatable bonds is 9. The van der Waals surface area contributed by atoms with E-state index in [0.29, 0.717) is 51.0 Å². The molecule has 1 aliphatic heterocycles. The summed E-state index contributed by atoms with van der Waals surface area (Å²) in [6, 6.07) is 8.06. The molecule has 2 N–H and O–H groups in total. The average Bonchev–Trinajstić information content (AvgIpc) is 2.81. The number of aliphatic hydroxyl groups is 1. The van der Waals surface area contributed by atoms with E-state index in [9.17, 15) is 32.6 Å². The van der Waals surface area contributed by atoms with E-state index in [1.165, 1.54) is 23.1 Å². The number of aromatic nitrogens is 1. The highest BCUT2D eigenvalue weighted by Gasteiger charge is 2.32. The van der Waals surface area contributed by atoms with Crippen molar-refractivity contribution in [2.75, 3.05) is 31.1 Å². The maximum Gasteiger partial charge on any atom is 0.417 e. The Hall–Kier alpha value is -2.88. The highest BCUT2D eigenvalue weighted by atomic mass is 19.4. The highest BCUT2D eigenvalue weighted by molar-refractivity contribution is 5.65. The van der Waals surface area contributed by atoms with E-state index in [4.69, 9.17) is 0 Å². The van der Waals surface area contributed by atoms with Crippen molar-refractivity contribution in [3.63, 3.8) is 0 Å². The van der Waals surface area contributed by atoms with E-state index in [-0.39, 0.29) is 30.9 Å². The van der Waals surface area contributed by atoms with Crippen molar-refractivity contribution in [3.05, 3.63) is 59.5 Å². The summed E-state index contributed by atoms with van der Waals surface area (Å²) in [6.45, 7) is 1.18. The predicted molar refractivity (Wildman–Crippen MR) is 119 cm³/mol. The van der Waals surface area contributed by atoms with Crippen molar-refractivity contribution >= 4 is 11.9 Å². The van der Waals surface area contributed by atoms with Crippen LogP contribution in [0, 0.1) is 5.82 Å². The van der Waals surface area contributed by atoms with Gasteiger partial charge in [-0.25, -0.2) is 14.2 Å². The van der Waals surface area contributed by atoms with Gasteiger partial charge in [-0.3, -0.25) is 0 Å². The quantitative estimate of drug-likeness (QED) is 0.484. The van der Waals surface area contributed by atoms with Gasteiger partial charge >= 0.3 is 12.3 Å². The molecule has 0 spiro atoms.